The lowest BCUT2D eigenvalue weighted by Gasteiger charge is -2.37. The van der Waals surface area contributed by atoms with E-state index >= 15 is 0 Å². The Morgan fingerprint density at radius 2 is 1.74 bits per heavy atom. The Morgan fingerprint density at radius 1 is 1.04 bits per heavy atom. The fraction of sp³-hybridized carbons (Fsp3) is 0.650. The Labute approximate surface area is 140 Å². The minimum atomic E-state index is 0.302. The molecule has 2 saturated heterocycles. The van der Waals surface area contributed by atoms with E-state index in [4.69, 9.17) is 0 Å². The highest BCUT2D eigenvalue weighted by Gasteiger charge is 2.28. The third kappa shape index (κ3) is 4.14. The molecule has 1 atom stereocenters. The number of benzene rings is 1. The van der Waals surface area contributed by atoms with Crippen molar-refractivity contribution in [1.29, 1.82) is 0 Å². The quantitative estimate of drug-likeness (QED) is 0.845. The number of piperidine rings is 2. The number of likely N-dealkylation sites (tertiary alicyclic amines) is 1. The van der Waals surface area contributed by atoms with Crippen molar-refractivity contribution in [2.45, 2.75) is 46.0 Å². The molecule has 2 fully saturated rings. The number of hydrogen-bond donors (Lipinski definition) is 0. The third-order valence-corrected chi connectivity index (χ3v) is 5.57. The normalized spacial score (nSPS) is 24.2. The number of amides is 1. The van der Waals surface area contributed by atoms with Crippen LogP contribution in [0.2, 0.25) is 0 Å². The van der Waals surface area contributed by atoms with Crippen molar-refractivity contribution >= 4 is 11.6 Å². The summed E-state index contributed by atoms with van der Waals surface area (Å²) in [5.74, 6) is 1.72. The Kier molecular flexibility index (Phi) is 5.37. The van der Waals surface area contributed by atoms with Gasteiger partial charge in [-0.2, -0.15) is 0 Å². The van der Waals surface area contributed by atoms with Gasteiger partial charge in [-0.1, -0.05) is 26.0 Å². The topological polar surface area (TPSA) is 23.6 Å². The third-order valence-electron chi connectivity index (χ3n) is 5.57. The zero-order chi connectivity index (χ0) is 16.2. The molecule has 2 aliphatic rings. The SMILES string of the molecule is CCc1ccc(N2CCC(CN3CCC(C)CC3)CC2=O)cc1. The number of carbonyl (C=O) groups excluding carboxylic acids is 1. The minimum Gasteiger partial charge on any atom is -0.312 e. The summed E-state index contributed by atoms with van der Waals surface area (Å²) in [7, 11) is 0. The number of hydrogen-bond acceptors (Lipinski definition) is 2. The van der Waals surface area contributed by atoms with Crippen LogP contribution in [-0.4, -0.2) is 37.0 Å². The van der Waals surface area contributed by atoms with Gasteiger partial charge in [0, 0.05) is 25.2 Å². The number of rotatable bonds is 4. The van der Waals surface area contributed by atoms with Gasteiger partial charge in [-0.05, 0) is 68.3 Å². The molecule has 0 radical (unpaired) electrons. The van der Waals surface area contributed by atoms with Crippen molar-refractivity contribution < 1.29 is 4.79 Å². The lowest BCUT2D eigenvalue weighted by Crippen LogP contribution is -2.44. The van der Waals surface area contributed by atoms with Crippen LogP contribution in [0.15, 0.2) is 24.3 Å². The predicted molar refractivity (Wildman–Crippen MR) is 95.7 cm³/mol. The van der Waals surface area contributed by atoms with Gasteiger partial charge in [0.1, 0.15) is 0 Å². The molecule has 1 aromatic rings. The average molecular weight is 314 g/mol. The Hall–Kier alpha value is -1.35. The number of carbonyl (C=O) groups is 1. The van der Waals surface area contributed by atoms with Gasteiger partial charge >= 0.3 is 0 Å². The highest BCUT2D eigenvalue weighted by Crippen LogP contribution is 2.26. The molecule has 3 heteroatoms. The van der Waals surface area contributed by atoms with Gasteiger partial charge in [0.05, 0.1) is 0 Å². The Morgan fingerprint density at radius 3 is 2.35 bits per heavy atom. The number of aryl methyl sites for hydroxylation is 1. The molecule has 2 heterocycles. The molecule has 0 aromatic heterocycles. The molecule has 126 valence electrons. The van der Waals surface area contributed by atoms with Crippen LogP contribution >= 0.6 is 0 Å². The van der Waals surface area contributed by atoms with Gasteiger partial charge in [-0.15, -0.1) is 0 Å². The van der Waals surface area contributed by atoms with E-state index in [1.54, 1.807) is 0 Å². The van der Waals surface area contributed by atoms with Crippen LogP contribution in [0.1, 0.15) is 45.1 Å². The monoisotopic (exact) mass is 314 g/mol. The molecule has 2 aliphatic heterocycles. The molecule has 1 aromatic carbocycles. The van der Waals surface area contributed by atoms with Gasteiger partial charge in [-0.25, -0.2) is 0 Å². The van der Waals surface area contributed by atoms with Crippen molar-refractivity contribution in [3.05, 3.63) is 29.8 Å². The van der Waals surface area contributed by atoms with Crippen LogP contribution in [0.4, 0.5) is 5.69 Å². The first kappa shape index (κ1) is 16.5. The lowest BCUT2D eigenvalue weighted by atomic mass is 9.93. The standard InChI is InChI=1S/C20H30N2O/c1-3-17-4-6-19(7-5-17)22-13-10-18(14-20(22)23)15-21-11-8-16(2)9-12-21/h4-7,16,18H,3,8-15H2,1-2H3. The van der Waals surface area contributed by atoms with Crippen LogP contribution in [0, 0.1) is 11.8 Å². The highest BCUT2D eigenvalue weighted by atomic mass is 16.2. The van der Waals surface area contributed by atoms with E-state index in [-0.39, 0.29) is 0 Å². The van der Waals surface area contributed by atoms with Crippen molar-refractivity contribution in [3.63, 3.8) is 0 Å². The number of nitrogens with zero attached hydrogens (tertiary/aromatic N) is 2. The highest BCUT2D eigenvalue weighted by molar-refractivity contribution is 5.94. The summed E-state index contributed by atoms with van der Waals surface area (Å²) in [5.41, 5.74) is 2.40. The fourth-order valence-corrected chi connectivity index (χ4v) is 3.85. The Balaban J connectivity index is 1.53. The molecule has 3 rings (SSSR count). The van der Waals surface area contributed by atoms with E-state index in [0.717, 1.165) is 37.5 Å². The molecule has 0 bridgehead atoms. The maximum Gasteiger partial charge on any atom is 0.227 e. The van der Waals surface area contributed by atoms with E-state index in [1.807, 2.05) is 4.90 Å². The smallest absolute Gasteiger partial charge is 0.227 e. The summed E-state index contributed by atoms with van der Waals surface area (Å²) in [6.07, 6.45) is 5.52. The van der Waals surface area contributed by atoms with Crippen molar-refractivity contribution in [3.8, 4) is 0 Å². The van der Waals surface area contributed by atoms with Crippen molar-refractivity contribution in [2.75, 3.05) is 31.1 Å². The second-order valence-electron chi connectivity index (χ2n) is 7.41. The van der Waals surface area contributed by atoms with Gasteiger partial charge in [0.2, 0.25) is 5.91 Å². The summed E-state index contributed by atoms with van der Waals surface area (Å²) in [5, 5.41) is 0. The van der Waals surface area contributed by atoms with Crippen molar-refractivity contribution in [2.24, 2.45) is 11.8 Å². The summed E-state index contributed by atoms with van der Waals surface area (Å²) in [4.78, 5) is 17.1. The summed E-state index contributed by atoms with van der Waals surface area (Å²) >= 11 is 0. The molecule has 0 aliphatic carbocycles. The molecule has 3 nitrogen and oxygen atoms in total. The molecule has 1 amide bonds. The van der Waals surface area contributed by atoms with Crippen LogP contribution < -0.4 is 4.90 Å². The minimum absolute atomic E-state index is 0.302. The van der Waals surface area contributed by atoms with E-state index in [1.165, 1.54) is 31.5 Å². The largest absolute Gasteiger partial charge is 0.312 e. The molecule has 0 saturated carbocycles. The predicted octanol–water partition coefficient (Wildman–Crippen LogP) is 3.72. The molecular weight excluding hydrogens is 284 g/mol. The van der Waals surface area contributed by atoms with Crippen molar-refractivity contribution in [1.82, 2.24) is 4.90 Å². The first-order valence-electron chi connectivity index (χ1n) is 9.27. The van der Waals surface area contributed by atoms with E-state index in [2.05, 4.69) is 43.0 Å². The van der Waals surface area contributed by atoms with Crippen LogP contribution in [-0.2, 0) is 11.2 Å². The van der Waals surface area contributed by atoms with Gasteiger partial charge in [0.25, 0.3) is 0 Å². The molecule has 0 spiro atoms. The van der Waals surface area contributed by atoms with E-state index in [0.29, 0.717) is 18.2 Å². The maximum absolute atomic E-state index is 12.6. The first-order valence-corrected chi connectivity index (χ1v) is 9.27. The Bertz CT molecular complexity index is 517. The molecule has 1 unspecified atom stereocenters. The van der Waals surface area contributed by atoms with Crippen LogP contribution in [0.25, 0.3) is 0 Å². The van der Waals surface area contributed by atoms with E-state index < -0.39 is 0 Å². The second-order valence-corrected chi connectivity index (χ2v) is 7.41. The fourth-order valence-electron chi connectivity index (χ4n) is 3.85. The molecule has 23 heavy (non-hydrogen) atoms. The van der Waals surface area contributed by atoms with Gasteiger partial charge in [0.15, 0.2) is 0 Å². The van der Waals surface area contributed by atoms with Crippen LogP contribution in [0.5, 0.6) is 0 Å². The summed E-state index contributed by atoms with van der Waals surface area (Å²) in [6.45, 7) is 8.93. The summed E-state index contributed by atoms with van der Waals surface area (Å²) < 4.78 is 0. The summed E-state index contributed by atoms with van der Waals surface area (Å²) in [6, 6.07) is 8.49. The van der Waals surface area contributed by atoms with E-state index in [9.17, 15) is 4.79 Å². The lowest BCUT2D eigenvalue weighted by molar-refractivity contribution is -0.121. The number of anilines is 1. The molecule has 0 N–H and O–H groups in total. The zero-order valence-electron chi connectivity index (χ0n) is 14.6. The molecular formula is C20H30N2O. The maximum atomic E-state index is 12.6. The first-order chi connectivity index (χ1) is 11.2. The van der Waals surface area contributed by atoms with Gasteiger partial charge in [-0.3, -0.25) is 4.79 Å². The average Bonchev–Trinajstić information content (AvgIpc) is 2.57. The zero-order valence-corrected chi connectivity index (χ0v) is 14.6. The second kappa shape index (κ2) is 7.48. The van der Waals surface area contributed by atoms with Crippen LogP contribution in [0.3, 0.4) is 0 Å². The van der Waals surface area contributed by atoms with Gasteiger partial charge < -0.3 is 9.80 Å².